The molecule has 1 aliphatic rings. The number of aliphatic hydroxyl groups excluding tert-OH is 1. The number of imidazole rings is 1. The zero-order valence-corrected chi connectivity index (χ0v) is 13.1. The molecule has 1 amide bonds. The Morgan fingerprint density at radius 3 is 3.09 bits per heavy atom. The highest BCUT2D eigenvalue weighted by Gasteiger charge is 2.37. The molecule has 0 saturated heterocycles. The lowest BCUT2D eigenvalue weighted by Gasteiger charge is -2.21. The Bertz CT molecular complexity index is 667. The minimum absolute atomic E-state index is 0.0831. The molecular formula is C15H20N4O4. The zero-order valence-electron chi connectivity index (χ0n) is 13.1. The van der Waals surface area contributed by atoms with Gasteiger partial charge in [-0.2, -0.15) is 0 Å². The van der Waals surface area contributed by atoms with E-state index in [0.717, 1.165) is 6.42 Å². The molecule has 2 heterocycles. The van der Waals surface area contributed by atoms with Crippen molar-refractivity contribution in [2.45, 2.75) is 44.6 Å². The number of hydrogen-bond acceptors (Lipinski definition) is 6. The standard InChI is InChI=1S/C15H20N4O4/c1-9-10(7-22-2)13(18-23-9)15(21)17-11-3-4-12(14(11)20)19-6-5-16-8-19/h5-6,8,11-12,14,20H,3-4,7H2,1-2H3,(H,17,21)/t11-,12-,14-/m1/s1. The van der Waals surface area contributed by atoms with Crippen molar-refractivity contribution >= 4 is 5.91 Å². The van der Waals surface area contributed by atoms with Crippen LogP contribution in [0, 0.1) is 6.92 Å². The summed E-state index contributed by atoms with van der Waals surface area (Å²) < 4.78 is 12.0. The van der Waals surface area contributed by atoms with Gasteiger partial charge in [-0.25, -0.2) is 4.98 Å². The molecule has 0 aliphatic heterocycles. The van der Waals surface area contributed by atoms with Crippen molar-refractivity contribution in [3.05, 3.63) is 35.7 Å². The fourth-order valence-corrected chi connectivity index (χ4v) is 3.03. The Balaban J connectivity index is 1.69. The number of aliphatic hydroxyl groups is 1. The van der Waals surface area contributed by atoms with E-state index < -0.39 is 6.10 Å². The molecule has 8 nitrogen and oxygen atoms in total. The molecule has 3 rings (SSSR count). The lowest BCUT2D eigenvalue weighted by Crippen LogP contribution is -2.42. The van der Waals surface area contributed by atoms with E-state index in [9.17, 15) is 9.90 Å². The van der Waals surface area contributed by atoms with Gasteiger partial charge in [0.25, 0.3) is 5.91 Å². The quantitative estimate of drug-likeness (QED) is 0.845. The van der Waals surface area contributed by atoms with Gasteiger partial charge in [-0.1, -0.05) is 5.16 Å². The average Bonchev–Trinajstić information content (AvgIpc) is 3.23. The van der Waals surface area contributed by atoms with E-state index in [0.29, 0.717) is 17.7 Å². The highest BCUT2D eigenvalue weighted by Crippen LogP contribution is 2.30. The molecule has 124 valence electrons. The highest BCUT2D eigenvalue weighted by atomic mass is 16.5. The van der Waals surface area contributed by atoms with Gasteiger partial charge in [0.2, 0.25) is 0 Å². The Morgan fingerprint density at radius 2 is 2.39 bits per heavy atom. The van der Waals surface area contributed by atoms with Crippen LogP contribution in [0.15, 0.2) is 23.2 Å². The van der Waals surface area contributed by atoms with Gasteiger partial charge in [0.15, 0.2) is 5.69 Å². The summed E-state index contributed by atoms with van der Waals surface area (Å²) >= 11 is 0. The second-order valence-electron chi connectivity index (χ2n) is 5.72. The Kier molecular flexibility index (Phi) is 4.44. The molecule has 0 radical (unpaired) electrons. The highest BCUT2D eigenvalue weighted by molar-refractivity contribution is 5.94. The average molecular weight is 320 g/mol. The minimum Gasteiger partial charge on any atom is -0.389 e. The third kappa shape index (κ3) is 2.99. The Morgan fingerprint density at radius 1 is 1.57 bits per heavy atom. The van der Waals surface area contributed by atoms with Gasteiger partial charge in [0, 0.05) is 19.5 Å². The number of methoxy groups -OCH3 is 1. The van der Waals surface area contributed by atoms with Gasteiger partial charge in [-0.15, -0.1) is 0 Å². The summed E-state index contributed by atoms with van der Waals surface area (Å²) in [5.41, 5.74) is 0.839. The summed E-state index contributed by atoms with van der Waals surface area (Å²) in [6.07, 6.45) is 5.95. The van der Waals surface area contributed by atoms with Gasteiger partial charge in [-0.05, 0) is 19.8 Å². The Labute approximate surface area is 133 Å². The first-order chi connectivity index (χ1) is 11.1. The summed E-state index contributed by atoms with van der Waals surface area (Å²) in [4.78, 5) is 16.4. The first-order valence-electron chi connectivity index (χ1n) is 7.52. The van der Waals surface area contributed by atoms with E-state index in [4.69, 9.17) is 9.26 Å². The van der Waals surface area contributed by atoms with Crippen molar-refractivity contribution < 1.29 is 19.2 Å². The predicted molar refractivity (Wildman–Crippen MR) is 79.7 cm³/mol. The number of nitrogens with zero attached hydrogens (tertiary/aromatic N) is 3. The zero-order chi connectivity index (χ0) is 16.4. The number of carbonyl (C=O) groups is 1. The second-order valence-corrected chi connectivity index (χ2v) is 5.72. The monoisotopic (exact) mass is 320 g/mol. The van der Waals surface area contributed by atoms with Crippen LogP contribution < -0.4 is 5.32 Å². The lowest BCUT2D eigenvalue weighted by molar-refractivity contribution is 0.0803. The second kappa shape index (κ2) is 6.51. The van der Waals surface area contributed by atoms with Crippen molar-refractivity contribution in [3.63, 3.8) is 0 Å². The maximum absolute atomic E-state index is 12.4. The van der Waals surface area contributed by atoms with E-state index in [1.807, 2.05) is 10.8 Å². The number of carbonyl (C=O) groups excluding carboxylic acids is 1. The van der Waals surface area contributed by atoms with Crippen LogP contribution in [0.4, 0.5) is 0 Å². The van der Waals surface area contributed by atoms with E-state index >= 15 is 0 Å². The van der Waals surface area contributed by atoms with E-state index in [1.165, 1.54) is 0 Å². The molecular weight excluding hydrogens is 300 g/mol. The first-order valence-corrected chi connectivity index (χ1v) is 7.52. The fraction of sp³-hybridized carbons (Fsp3) is 0.533. The summed E-state index contributed by atoms with van der Waals surface area (Å²) in [6, 6.07) is -0.414. The Hall–Kier alpha value is -2.19. The lowest BCUT2D eigenvalue weighted by atomic mass is 10.1. The normalized spacial score (nSPS) is 24.0. The number of rotatable bonds is 5. The SMILES string of the molecule is COCc1c(C(=O)N[C@@H]2CC[C@@H](n3ccnc3)[C@@H]2O)noc1C. The van der Waals surface area contributed by atoms with Crippen LogP contribution in [0.1, 0.15) is 40.7 Å². The van der Waals surface area contributed by atoms with Crippen LogP contribution in [0.2, 0.25) is 0 Å². The van der Waals surface area contributed by atoms with Crippen molar-refractivity contribution in [2.24, 2.45) is 0 Å². The van der Waals surface area contributed by atoms with Gasteiger partial charge < -0.3 is 24.3 Å². The number of hydrogen-bond donors (Lipinski definition) is 2. The van der Waals surface area contributed by atoms with Crippen molar-refractivity contribution in [1.29, 1.82) is 0 Å². The molecule has 23 heavy (non-hydrogen) atoms. The molecule has 1 fully saturated rings. The smallest absolute Gasteiger partial charge is 0.274 e. The molecule has 0 unspecified atom stereocenters. The molecule has 3 atom stereocenters. The molecule has 0 bridgehead atoms. The molecule has 0 aromatic carbocycles. The summed E-state index contributed by atoms with van der Waals surface area (Å²) in [5, 5.41) is 17.1. The van der Waals surface area contributed by atoms with Crippen molar-refractivity contribution in [2.75, 3.05) is 7.11 Å². The third-order valence-corrected chi connectivity index (χ3v) is 4.29. The van der Waals surface area contributed by atoms with Gasteiger partial charge in [-0.3, -0.25) is 4.79 Å². The van der Waals surface area contributed by atoms with Crippen LogP contribution in [-0.4, -0.2) is 45.0 Å². The maximum Gasteiger partial charge on any atom is 0.274 e. The van der Waals surface area contributed by atoms with Crippen molar-refractivity contribution in [3.8, 4) is 0 Å². The molecule has 1 saturated carbocycles. The fourth-order valence-electron chi connectivity index (χ4n) is 3.03. The van der Waals surface area contributed by atoms with E-state index in [-0.39, 0.29) is 30.3 Å². The van der Waals surface area contributed by atoms with E-state index in [1.54, 1.807) is 26.6 Å². The van der Waals surface area contributed by atoms with Crippen LogP contribution in [0.5, 0.6) is 0 Å². The summed E-state index contributed by atoms with van der Waals surface area (Å²) in [7, 11) is 1.55. The van der Waals surface area contributed by atoms with Crippen molar-refractivity contribution in [1.82, 2.24) is 20.0 Å². The van der Waals surface area contributed by atoms with Crippen LogP contribution in [0.3, 0.4) is 0 Å². The molecule has 2 aromatic rings. The largest absolute Gasteiger partial charge is 0.389 e. The van der Waals surface area contributed by atoms with E-state index in [2.05, 4.69) is 15.5 Å². The number of aromatic nitrogens is 3. The molecule has 2 aromatic heterocycles. The van der Waals surface area contributed by atoms with Gasteiger partial charge in [0.05, 0.1) is 36.7 Å². The van der Waals surface area contributed by atoms with Gasteiger partial charge >= 0.3 is 0 Å². The maximum atomic E-state index is 12.4. The minimum atomic E-state index is -0.674. The molecule has 1 aliphatic carbocycles. The summed E-state index contributed by atoms with van der Waals surface area (Å²) in [5.74, 6) is 0.199. The molecule has 8 heteroatoms. The summed E-state index contributed by atoms with van der Waals surface area (Å²) in [6.45, 7) is 1.99. The molecule has 0 spiro atoms. The van der Waals surface area contributed by atoms with Crippen LogP contribution >= 0.6 is 0 Å². The number of aryl methyl sites for hydroxylation is 1. The first kappa shape index (κ1) is 15.7. The topological polar surface area (TPSA) is 102 Å². The third-order valence-electron chi connectivity index (χ3n) is 4.29. The van der Waals surface area contributed by atoms with Crippen LogP contribution in [-0.2, 0) is 11.3 Å². The number of amides is 1. The van der Waals surface area contributed by atoms with Crippen LogP contribution in [0.25, 0.3) is 0 Å². The van der Waals surface area contributed by atoms with Gasteiger partial charge in [0.1, 0.15) is 5.76 Å². The number of nitrogens with one attached hydrogen (secondary N) is 1. The predicted octanol–water partition coefficient (Wildman–Crippen LogP) is 0.820. The number of ether oxygens (including phenoxy) is 1. The molecule has 2 N–H and O–H groups in total.